The monoisotopic (exact) mass is 273 g/mol. The van der Waals surface area contributed by atoms with Crippen molar-refractivity contribution in [3.8, 4) is 0 Å². The maximum absolute atomic E-state index is 3.71. The van der Waals surface area contributed by atoms with Gasteiger partial charge in [0, 0.05) is 12.0 Å². The predicted molar refractivity (Wildman–Crippen MR) is 88.1 cm³/mol. The lowest BCUT2D eigenvalue weighted by Crippen LogP contribution is -2.54. The summed E-state index contributed by atoms with van der Waals surface area (Å²) in [6, 6.07) is 11.2. The Labute approximate surface area is 125 Å². The van der Waals surface area contributed by atoms with Gasteiger partial charge in [-0.3, -0.25) is 0 Å². The summed E-state index contributed by atoms with van der Waals surface area (Å²) in [5.41, 5.74) is 2.51. The molecule has 0 unspecified atom stereocenters. The molecule has 1 heteroatoms. The number of hydrogen-bond acceptors (Lipinski definition) is 1. The summed E-state index contributed by atoms with van der Waals surface area (Å²) >= 11 is 0. The van der Waals surface area contributed by atoms with Gasteiger partial charge in [-0.2, -0.15) is 0 Å². The zero-order valence-electron chi connectivity index (χ0n) is 13.7. The van der Waals surface area contributed by atoms with Gasteiger partial charge in [-0.05, 0) is 36.3 Å². The van der Waals surface area contributed by atoms with E-state index >= 15 is 0 Å². The second-order valence-electron chi connectivity index (χ2n) is 7.23. The zero-order chi connectivity index (χ0) is 14.6. The molecule has 1 aliphatic carbocycles. The van der Waals surface area contributed by atoms with Crippen LogP contribution in [0.3, 0.4) is 0 Å². The molecule has 1 N–H and O–H groups in total. The van der Waals surface area contributed by atoms with Gasteiger partial charge < -0.3 is 5.32 Å². The fourth-order valence-corrected chi connectivity index (χ4v) is 3.96. The maximum Gasteiger partial charge on any atom is 0.00883 e. The summed E-state index contributed by atoms with van der Waals surface area (Å²) in [6.45, 7) is 11.5. The molecule has 0 aliphatic heterocycles. The van der Waals surface area contributed by atoms with Crippen LogP contribution >= 0.6 is 0 Å². The Kier molecular flexibility index (Phi) is 4.90. The zero-order valence-corrected chi connectivity index (χ0v) is 13.7. The summed E-state index contributed by atoms with van der Waals surface area (Å²) < 4.78 is 0. The van der Waals surface area contributed by atoms with Gasteiger partial charge in [0.15, 0.2) is 0 Å². The van der Waals surface area contributed by atoms with E-state index in [1.165, 1.54) is 31.2 Å². The Morgan fingerprint density at radius 1 is 1.05 bits per heavy atom. The highest BCUT2D eigenvalue weighted by molar-refractivity contribution is 5.31. The lowest BCUT2D eigenvalue weighted by Gasteiger charge is -2.57. The van der Waals surface area contributed by atoms with Crippen LogP contribution < -0.4 is 5.32 Å². The van der Waals surface area contributed by atoms with E-state index in [0.717, 1.165) is 19.0 Å². The molecule has 1 saturated carbocycles. The van der Waals surface area contributed by atoms with Crippen LogP contribution in [0.2, 0.25) is 0 Å². The molecule has 1 aromatic rings. The maximum atomic E-state index is 3.71. The van der Waals surface area contributed by atoms with Gasteiger partial charge in [-0.1, -0.05) is 70.9 Å². The lowest BCUT2D eigenvalue weighted by atomic mass is 9.48. The molecule has 0 aromatic heterocycles. The van der Waals surface area contributed by atoms with Crippen molar-refractivity contribution in [2.24, 2.45) is 11.3 Å². The van der Waals surface area contributed by atoms with Crippen LogP contribution in [0.1, 0.15) is 58.9 Å². The highest BCUT2D eigenvalue weighted by Gasteiger charge is 2.52. The number of hydrogen-bond donors (Lipinski definition) is 1. The van der Waals surface area contributed by atoms with E-state index in [1.807, 2.05) is 0 Å². The summed E-state index contributed by atoms with van der Waals surface area (Å²) in [5.74, 6) is 0.727. The Morgan fingerprint density at radius 2 is 1.65 bits per heavy atom. The standard InChI is InChI=1S/C19H31N/c1-5-18(6-2)13-19(14-18,15-20-12-16(3)4)17-10-8-7-9-11-17/h7-11,16,20H,5-6,12-15H2,1-4H3. The topological polar surface area (TPSA) is 12.0 Å². The van der Waals surface area contributed by atoms with Crippen LogP contribution in [-0.2, 0) is 5.41 Å². The fourth-order valence-electron chi connectivity index (χ4n) is 3.96. The number of benzene rings is 1. The highest BCUT2D eigenvalue weighted by atomic mass is 14.9. The van der Waals surface area contributed by atoms with Gasteiger partial charge in [-0.25, -0.2) is 0 Å². The molecule has 20 heavy (non-hydrogen) atoms. The van der Waals surface area contributed by atoms with E-state index < -0.39 is 0 Å². The Hall–Kier alpha value is -0.820. The van der Waals surface area contributed by atoms with Crippen molar-refractivity contribution in [1.82, 2.24) is 5.32 Å². The molecule has 1 aliphatic rings. The van der Waals surface area contributed by atoms with Crippen LogP contribution in [0.25, 0.3) is 0 Å². The normalized spacial score (nSPS) is 19.9. The SMILES string of the molecule is CCC1(CC)CC(CNCC(C)C)(c2ccccc2)C1. The summed E-state index contributed by atoms with van der Waals surface area (Å²) in [5, 5.41) is 3.71. The third-order valence-corrected chi connectivity index (χ3v) is 5.33. The first-order valence-electron chi connectivity index (χ1n) is 8.32. The van der Waals surface area contributed by atoms with Gasteiger partial charge >= 0.3 is 0 Å². The molecule has 1 aromatic carbocycles. The molecule has 0 amide bonds. The van der Waals surface area contributed by atoms with Gasteiger partial charge in [0.2, 0.25) is 0 Å². The summed E-state index contributed by atoms with van der Waals surface area (Å²) in [4.78, 5) is 0. The van der Waals surface area contributed by atoms with Crippen molar-refractivity contribution in [2.75, 3.05) is 13.1 Å². The fraction of sp³-hybridized carbons (Fsp3) is 0.684. The van der Waals surface area contributed by atoms with Crippen molar-refractivity contribution in [3.05, 3.63) is 35.9 Å². The van der Waals surface area contributed by atoms with Crippen LogP contribution in [0.5, 0.6) is 0 Å². The van der Waals surface area contributed by atoms with E-state index in [0.29, 0.717) is 10.8 Å². The molecule has 0 radical (unpaired) electrons. The lowest BCUT2D eigenvalue weighted by molar-refractivity contribution is 0.0126. The van der Waals surface area contributed by atoms with Crippen molar-refractivity contribution in [1.29, 1.82) is 0 Å². The average Bonchev–Trinajstić information content (AvgIpc) is 2.42. The van der Waals surface area contributed by atoms with E-state index in [4.69, 9.17) is 0 Å². The summed E-state index contributed by atoms with van der Waals surface area (Å²) in [6.07, 6.45) is 5.34. The summed E-state index contributed by atoms with van der Waals surface area (Å²) in [7, 11) is 0. The third-order valence-electron chi connectivity index (χ3n) is 5.33. The molecule has 0 spiro atoms. The molecule has 112 valence electrons. The Morgan fingerprint density at radius 3 is 2.15 bits per heavy atom. The molecular weight excluding hydrogens is 242 g/mol. The van der Waals surface area contributed by atoms with Gasteiger partial charge in [0.1, 0.15) is 0 Å². The van der Waals surface area contributed by atoms with E-state index in [9.17, 15) is 0 Å². The van der Waals surface area contributed by atoms with Gasteiger partial charge in [0.25, 0.3) is 0 Å². The highest BCUT2D eigenvalue weighted by Crippen LogP contribution is 2.58. The Bertz CT molecular complexity index is 395. The largest absolute Gasteiger partial charge is 0.316 e. The third kappa shape index (κ3) is 3.09. The first kappa shape index (κ1) is 15.6. The van der Waals surface area contributed by atoms with Crippen LogP contribution in [0.4, 0.5) is 0 Å². The van der Waals surface area contributed by atoms with Gasteiger partial charge in [-0.15, -0.1) is 0 Å². The molecular formula is C19H31N. The molecule has 0 atom stereocenters. The van der Waals surface area contributed by atoms with Crippen LogP contribution in [-0.4, -0.2) is 13.1 Å². The molecule has 0 saturated heterocycles. The van der Waals surface area contributed by atoms with Crippen LogP contribution in [0, 0.1) is 11.3 Å². The van der Waals surface area contributed by atoms with Crippen molar-refractivity contribution in [3.63, 3.8) is 0 Å². The second-order valence-corrected chi connectivity index (χ2v) is 7.23. The molecule has 1 fully saturated rings. The smallest absolute Gasteiger partial charge is 0.00883 e. The van der Waals surface area contributed by atoms with E-state index in [1.54, 1.807) is 0 Å². The average molecular weight is 273 g/mol. The minimum absolute atomic E-state index is 0.377. The quantitative estimate of drug-likeness (QED) is 0.754. The Balaban J connectivity index is 2.11. The molecule has 2 rings (SSSR count). The van der Waals surface area contributed by atoms with Crippen molar-refractivity contribution in [2.45, 2.75) is 58.8 Å². The van der Waals surface area contributed by atoms with Crippen LogP contribution in [0.15, 0.2) is 30.3 Å². The molecule has 0 heterocycles. The minimum Gasteiger partial charge on any atom is -0.316 e. The second kappa shape index (κ2) is 6.30. The van der Waals surface area contributed by atoms with Crippen molar-refractivity contribution >= 4 is 0 Å². The molecule has 1 nitrogen and oxygen atoms in total. The van der Waals surface area contributed by atoms with Gasteiger partial charge in [0.05, 0.1) is 0 Å². The molecule has 0 bridgehead atoms. The minimum atomic E-state index is 0.377. The van der Waals surface area contributed by atoms with Crippen molar-refractivity contribution < 1.29 is 0 Å². The first-order chi connectivity index (χ1) is 9.56. The van der Waals surface area contributed by atoms with E-state index in [2.05, 4.69) is 63.3 Å². The number of nitrogens with one attached hydrogen (secondary N) is 1. The van der Waals surface area contributed by atoms with E-state index in [-0.39, 0.29) is 0 Å². The predicted octanol–water partition coefficient (Wildman–Crippen LogP) is 4.77. The first-order valence-corrected chi connectivity index (χ1v) is 8.32. The number of rotatable bonds is 7.